The number of aromatic nitrogens is 2. The number of H-pyrrole nitrogens is 1. The minimum Gasteiger partial charge on any atom is -0.338 e. The lowest BCUT2D eigenvalue weighted by Crippen LogP contribution is -2.32. The summed E-state index contributed by atoms with van der Waals surface area (Å²) < 4.78 is 28.4. The highest BCUT2D eigenvalue weighted by molar-refractivity contribution is 6.83. The zero-order chi connectivity index (χ0) is 17.4. The van der Waals surface area contributed by atoms with E-state index in [1.54, 1.807) is 6.20 Å². The highest BCUT2D eigenvalue weighted by Gasteiger charge is 2.46. The normalized spacial score (nSPS) is 21.5. The second kappa shape index (κ2) is 6.15. The topological polar surface area (TPSA) is 31.9 Å². The van der Waals surface area contributed by atoms with E-state index in [0.717, 1.165) is 11.1 Å². The van der Waals surface area contributed by atoms with Gasteiger partial charge in [0.25, 0.3) is 0 Å². The predicted octanol–water partition coefficient (Wildman–Crippen LogP) is 4.41. The molecular weight excluding hydrogens is 324 g/mol. The average molecular weight is 345 g/mol. The van der Waals surface area contributed by atoms with E-state index in [1.165, 1.54) is 0 Å². The van der Waals surface area contributed by atoms with Gasteiger partial charge in [-0.05, 0) is 24.1 Å². The Morgan fingerprint density at radius 1 is 1.25 bits per heavy atom. The van der Waals surface area contributed by atoms with Gasteiger partial charge in [0.15, 0.2) is 5.82 Å². The number of nitrogens with zero attached hydrogens (tertiary/aromatic N) is 2. The van der Waals surface area contributed by atoms with Crippen LogP contribution in [0.1, 0.15) is 24.2 Å². The molecule has 1 aromatic heterocycles. The van der Waals surface area contributed by atoms with Crippen LogP contribution in [0, 0.1) is 11.5 Å². The number of hydrogen-bond donors (Lipinski definition) is 1. The van der Waals surface area contributed by atoms with Crippen molar-refractivity contribution >= 4 is 8.07 Å². The molecule has 1 N–H and O–H groups in total. The summed E-state index contributed by atoms with van der Waals surface area (Å²) in [7, 11) is -1.40. The van der Waals surface area contributed by atoms with E-state index in [2.05, 4.69) is 41.1 Å². The van der Waals surface area contributed by atoms with E-state index in [-0.39, 0.29) is 23.9 Å². The molecule has 3 rings (SSSR count). The SMILES string of the molecule is C[Si](C)(C)C#Cc1ccc(-c2cnc(C3(F)CCCN3F)[nH]2)cc1. The Balaban J connectivity index is 1.82. The lowest BCUT2D eigenvalue weighted by Gasteiger charge is -2.20. The fourth-order valence-electron chi connectivity index (χ4n) is 2.64. The van der Waals surface area contributed by atoms with Crippen LogP contribution in [-0.2, 0) is 5.79 Å². The van der Waals surface area contributed by atoms with E-state index in [0.29, 0.717) is 12.1 Å². The number of nitrogens with one attached hydrogen (secondary N) is 1. The fourth-order valence-corrected chi connectivity index (χ4v) is 3.16. The predicted molar refractivity (Wildman–Crippen MR) is 94.1 cm³/mol. The Morgan fingerprint density at radius 2 is 1.96 bits per heavy atom. The first-order valence-corrected chi connectivity index (χ1v) is 11.6. The maximum Gasteiger partial charge on any atom is 0.247 e. The molecule has 0 amide bonds. The summed E-state index contributed by atoms with van der Waals surface area (Å²) >= 11 is 0. The molecule has 0 spiro atoms. The molecule has 1 aliphatic rings. The van der Waals surface area contributed by atoms with Crippen molar-refractivity contribution in [2.24, 2.45) is 0 Å². The first-order chi connectivity index (χ1) is 11.3. The summed E-state index contributed by atoms with van der Waals surface area (Å²) in [5.74, 6) is 1.08. The van der Waals surface area contributed by atoms with Crippen molar-refractivity contribution in [1.29, 1.82) is 0 Å². The molecule has 1 aliphatic heterocycles. The van der Waals surface area contributed by atoms with Crippen molar-refractivity contribution < 1.29 is 8.87 Å². The Kier molecular flexibility index (Phi) is 4.32. The van der Waals surface area contributed by atoms with Crippen LogP contribution in [0.2, 0.25) is 19.6 Å². The van der Waals surface area contributed by atoms with Crippen LogP contribution in [0.3, 0.4) is 0 Å². The van der Waals surface area contributed by atoms with Crippen molar-refractivity contribution in [3.8, 4) is 22.7 Å². The minimum absolute atomic E-state index is 0.0279. The van der Waals surface area contributed by atoms with Crippen LogP contribution in [-0.4, -0.2) is 29.7 Å². The lowest BCUT2D eigenvalue weighted by atomic mass is 10.1. The number of halogens is 2. The van der Waals surface area contributed by atoms with Gasteiger partial charge in [0.2, 0.25) is 5.79 Å². The Bertz CT molecular complexity index is 783. The van der Waals surface area contributed by atoms with Gasteiger partial charge in [-0.1, -0.05) is 37.7 Å². The largest absolute Gasteiger partial charge is 0.338 e. The summed E-state index contributed by atoms with van der Waals surface area (Å²) in [6.07, 6.45) is 2.14. The summed E-state index contributed by atoms with van der Waals surface area (Å²) in [6, 6.07) is 7.70. The quantitative estimate of drug-likeness (QED) is 0.378. The molecule has 0 bridgehead atoms. The monoisotopic (exact) mass is 345 g/mol. The van der Waals surface area contributed by atoms with E-state index in [1.807, 2.05) is 24.3 Å². The second-order valence-electron chi connectivity index (χ2n) is 7.17. The summed E-state index contributed by atoms with van der Waals surface area (Å²) in [5, 5.41) is 0.227. The Labute approximate surface area is 142 Å². The number of alkyl halides is 1. The van der Waals surface area contributed by atoms with Gasteiger partial charge in [0.05, 0.1) is 11.9 Å². The number of hydrogen-bond acceptors (Lipinski definition) is 2. The smallest absolute Gasteiger partial charge is 0.247 e. The van der Waals surface area contributed by atoms with Gasteiger partial charge in [-0.25, -0.2) is 9.37 Å². The zero-order valence-electron chi connectivity index (χ0n) is 14.2. The molecule has 0 saturated carbocycles. The van der Waals surface area contributed by atoms with E-state index in [4.69, 9.17) is 0 Å². The first-order valence-electron chi connectivity index (χ1n) is 8.09. The summed E-state index contributed by atoms with van der Waals surface area (Å²) in [6.45, 7) is 6.69. The molecule has 1 saturated heterocycles. The highest BCUT2D eigenvalue weighted by atomic mass is 28.3. The van der Waals surface area contributed by atoms with E-state index >= 15 is 0 Å². The van der Waals surface area contributed by atoms with Crippen LogP contribution in [0.4, 0.5) is 8.87 Å². The molecule has 3 nitrogen and oxygen atoms in total. The van der Waals surface area contributed by atoms with Gasteiger partial charge in [-0.2, -0.15) is 0 Å². The third-order valence-electron chi connectivity index (χ3n) is 3.96. The zero-order valence-corrected chi connectivity index (χ0v) is 15.2. The fraction of sp³-hybridized carbons (Fsp3) is 0.389. The van der Waals surface area contributed by atoms with E-state index in [9.17, 15) is 8.87 Å². The van der Waals surface area contributed by atoms with Gasteiger partial charge in [-0.3, -0.25) is 0 Å². The minimum atomic E-state index is -2.14. The van der Waals surface area contributed by atoms with Crippen LogP contribution >= 0.6 is 0 Å². The van der Waals surface area contributed by atoms with Gasteiger partial charge in [0, 0.05) is 18.5 Å². The maximum absolute atomic E-state index is 14.7. The molecule has 126 valence electrons. The van der Waals surface area contributed by atoms with Gasteiger partial charge in [-0.15, -0.1) is 15.1 Å². The highest BCUT2D eigenvalue weighted by Crippen LogP contribution is 2.39. The molecule has 1 unspecified atom stereocenters. The van der Waals surface area contributed by atoms with Crippen molar-refractivity contribution in [3.05, 3.63) is 41.9 Å². The van der Waals surface area contributed by atoms with Crippen LogP contribution < -0.4 is 0 Å². The van der Waals surface area contributed by atoms with Crippen molar-refractivity contribution in [2.75, 3.05) is 6.54 Å². The third-order valence-corrected chi connectivity index (χ3v) is 4.84. The molecule has 2 heterocycles. The molecule has 6 heteroatoms. The molecule has 1 aromatic carbocycles. The van der Waals surface area contributed by atoms with Crippen LogP contribution in [0.15, 0.2) is 30.5 Å². The Hall–Kier alpha value is -1.97. The number of imidazole rings is 1. The molecule has 2 aromatic rings. The van der Waals surface area contributed by atoms with Crippen molar-refractivity contribution in [2.45, 2.75) is 38.3 Å². The molecule has 0 radical (unpaired) electrons. The average Bonchev–Trinajstić information content (AvgIpc) is 3.14. The molecule has 1 fully saturated rings. The van der Waals surface area contributed by atoms with Gasteiger partial charge >= 0.3 is 0 Å². The number of aromatic amines is 1. The van der Waals surface area contributed by atoms with E-state index < -0.39 is 13.9 Å². The van der Waals surface area contributed by atoms with Crippen molar-refractivity contribution in [1.82, 2.24) is 15.1 Å². The van der Waals surface area contributed by atoms with Crippen LogP contribution in [0.25, 0.3) is 11.3 Å². The summed E-state index contributed by atoms with van der Waals surface area (Å²) in [5.41, 5.74) is 5.82. The lowest BCUT2D eigenvalue weighted by molar-refractivity contribution is -0.138. The molecular formula is C18H21F2N3Si. The van der Waals surface area contributed by atoms with Gasteiger partial charge in [0.1, 0.15) is 8.07 Å². The molecule has 24 heavy (non-hydrogen) atoms. The van der Waals surface area contributed by atoms with Crippen LogP contribution in [0.5, 0.6) is 0 Å². The second-order valence-corrected chi connectivity index (χ2v) is 11.9. The standard InChI is InChI=1S/C18H21F2N3Si/c1-24(2,3)12-9-14-5-7-15(8-6-14)16-13-21-17(22-16)18(19)10-4-11-23(18)20/h5-8,13H,4,10-11H2,1-3H3,(H,21,22). The first kappa shape index (κ1) is 16.9. The van der Waals surface area contributed by atoms with Crippen molar-refractivity contribution in [3.63, 3.8) is 0 Å². The third kappa shape index (κ3) is 3.42. The number of rotatable bonds is 2. The number of benzene rings is 1. The molecule has 1 atom stereocenters. The Morgan fingerprint density at radius 3 is 2.54 bits per heavy atom. The molecule has 0 aliphatic carbocycles. The maximum atomic E-state index is 14.7. The summed E-state index contributed by atoms with van der Waals surface area (Å²) in [4.78, 5) is 6.97. The van der Waals surface area contributed by atoms with Gasteiger partial charge < -0.3 is 4.98 Å².